The van der Waals surface area contributed by atoms with E-state index >= 15 is 0 Å². The molecule has 12 heavy (non-hydrogen) atoms. The van der Waals surface area contributed by atoms with Gasteiger partial charge in [-0.1, -0.05) is 31.5 Å². The van der Waals surface area contributed by atoms with Crippen molar-refractivity contribution in [2.45, 2.75) is 30.8 Å². The van der Waals surface area contributed by atoms with E-state index in [-0.39, 0.29) is 0 Å². The molecular formula is C10H12OS. The van der Waals surface area contributed by atoms with E-state index in [2.05, 4.69) is 31.2 Å². The van der Waals surface area contributed by atoms with Crippen LogP contribution < -0.4 is 0 Å². The van der Waals surface area contributed by atoms with Gasteiger partial charge in [0.1, 0.15) is 0 Å². The lowest BCUT2D eigenvalue weighted by atomic mass is 10.1. The second kappa shape index (κ2) is 3.50. The van der Waals surface area contributed by atoms with Crippen LogP contribution in [-0.4, -0.2) is 0 Å². The van der Waals surface area contributed by atoms with E-state index in [4.69, 9.17) is 4.18 Å². The van der Waals surface area contributed by atoms with Crippen LogP contribution in [0.25, 0.3) is 0 Å². The van der Waals surface area contributed by atoms with Gasteiger partial charge in [0.15, 0.2) is 0 Å². The van der Waals surface area contributed by atoms with Crippen LogP contribution in [0.2, 0.25) is 0 Å². The summed E-state index contributed by atoms with van der Waals surface area (Å²) in [6, 6.07) is 8.42. The SMILES string of the molecule is CCCC1OSc2ccccc21. The average Bonchev–Trinajstić information content (AvgIpc) is 2.50. The molecule has 1 aromatic carbocycles. The monoisotopic (exact) mass is 180 g/mol. The molecule has 0 saturated carbocycles. The number of hydrogen-bond acceptors (Lipinski definition) is 2. The third-order valence-electron chi connectivity index (χ3n) is 2.07. The first kappa shape index (κ1) is 8.14. The van der Waals surface area contributed by atoms with Crippen molar-refractivity contribution in [1.29, 1.82) is 0 Å². The molecule has 1 unspecified atom stereocenters. The Morgan fingerprint density at radius 2 is 2.25 bits per heavy atom. The topological polar surface area (TPSA) is 9.23 Å². The summed E-state index contributed by atoms with van der Waals surface area (Å²) in [6.07, 6.45) is 2.64. The van der Waals surface area contributed by atoms with Gasteiger partial charge in [0, 0.05) is 16.9 Å². The van der Waals surface area contributed by atoms with Crippen LogP contribution >= 0.6 is 12.0 Å². The minimum atomic E-state index is 0.330. The van der Waals surface area contributed by atoms with E-state index in [0.29, 0.717) is 6.10 Å². The molecule has 0 spiro atoms. The van der Waals surface area contributed by atoms with E-state index in [1.807, 2.05) is 0 Å². The van der Waals surface area contributed by atoms with E-state index in [1.165, 1.54) is 28.9 Å². The van der Waals surface area contributed by atoms with Gasteiger partial charge in [0.05, 0.1) is 6.10 Å². The molecule has 1 aliphatic rings. The molecule has 0 saturated heterocycles. The van der Waals surface area contributed by atoms with Crippen molar-refractivity contribution in [2.24, 2.45) is 0 Å². The van der Waals surface area contributed by atoms with E-state index in [9.17, 15) is 0 Å². The quantitative estimate of drug-likeness (QED) is 0.643. The van der Waals surface area contributed by atoms with Crippen molar-refractivity contribution in [2.75, 3.05) is 0 Å². The van der Waals surface area contributed by atoms with Crippen LogP contribution in [0, 0.1) is 0 Å². The van der Waals surface area contributed by atoms with Crippen LogP contribution in [0.3, 0.4) is 0 Å². The van der Waals surface area contributed by atoms with E-state index < -0.39 is 0 Å². The Morgan fingerprint density at radius 1 is 1.42 bits per heavy atom. The molecule has 1 aromatic rings. The summed E-state index contributed by atoms with van der Waals surface area (Å²) in [6.45, 7) is 2.19. The molecule has 0 radical (unpaired) electrons. The summed E-state index contributed by atoms with van der Waals surface area (Å²) < 4.78 is 5.58. The van der Waals surface area contributed by atoms with Crippen molar-refractivity contribution in [3.05, 3.63) is 29.8 Å². The smallest absolute Gasteiger partial charge is 0.0988 e. The maximum absolute atomic E-state index is 5.58. The van der Waals surface area contributed by atoms with Crippen LogP contribution in [0.5, 0.6) is 0 Å². The maximum Gasteiger partial charge on any atom is 0.0988 e. The van der Waals surface area contributed by atoms with Gasteiger partial charge in [-0.05, 0) is 18.1 Å². The number of rotatable bonds is 2. The molecule has 64 valence electrons. The lowest BCUT2D eigenvalue weighted by molar-refractivity contribution is 0.245. The van der Waals surface area contributed by atoms with Crippen LogP contribution in [0.15, 0.2) is 29.2 Å². The molecule has 1 atom stereocenters. The van der Waals surface area contributed by atoms with Gasteiger partial charge in [-0.3, -0.25) is 0 Å². The van der Waals surface area contributed by atoms with Crippen molar-refractivity contribution < 1.29 is 4.18 Å². The Bertz CT molecular complexity index is 270. The highest BCUT2D eigenvalue weighted by Gasteiger charge is 2.22. The molecule has 2 heteroatoms. The zero-order chi connectivity index (χ0) is 8.39. The highest BCUT2D eigenvalue weighted by atomic mass is 32.2. The minimum absolute atomic E-state index is 0.330. The third kappa shape index (κ3) is 1.37. The van der Waals surface area contributed by atoms with Crippen molar-refractivity contribution in [3.63, 3.8) is 0 Å². The third-order valence-corrected chi connectivity index (χ3v) is 2.95. The van der Waals surface area contributed by atoms with Crippen LogP contribution in [0.4, 0.5) is 0 Å². The minimum Gasteiger partial charge on any atom is -0.302 e. The van der Waals surface area contributed by atoms with Gasteiger partial charge in [0.25, 0.3) is 0 Å². The van der Waals surface area contributed by atoms with Crippen molar-refractivity contribution in [1.82, 2.24) is 0 Å². The Kier molecular flexibility index (Phi) is 2.38. The number of hydrogen-bond donors (Lipinski definition) is 0. The highest BCUT2D eigenvalue weighted by molar-refractivity contribution is 7.95. The molecule has 1 heterocycles. The standard InChI is InChI=1S/C10H12OS/c1-2-5-9-8-6-3-4-7-10(8)12-11-9/h3-4,6-7,9H,2,5H2,1H3. The molecule has 1 aliphatic heterocycles. The van der Waals surface area contributed by atoms with E-state index in [1.54, 1.807) is 0 Å². The fraction of sp³-hybridized carbons (Fsp3) is 0.400. The van der Waals surface area contributed by atoms with Gasteiger partial charge in [-0.15, -0.1) is 0 Å². The van der Waals surface area contributed by atoms with Crippen LogP contribution in [0.1, 0.15) is 31.4 Å². The first-order valence-corrected chi connectivity index (χ1v) is 5.08. The summed E-state index contributed by atoms with van der Waals surface area (Å²) >= 11 is 1.52. The van der Waals surface area contributed by atoms with Crippen molar-refractivity contribution >= 4 is 12.0 Å². The van der Waals surface area contributed by atoms with E-state index in [0.717, 1.165) is 6.42 Å². The first-order valence-electron chi connectivity index (χ1n) is 4.34. The molecule has 0 N–H and O–H groups in total. The molecular weight excluding hydrogens is 168 g/mol. The second-order valence-electron chi connectivity index (χ2n) is 2.99. The maximum atomic E-state index is 5.58. The lowest BCUT2D eigenvalue weighted by Crippen LogP contribution is -1.93. The van der Waals surface area contributed by atoms with Gasteiger partial charge in [-0.2, -0.15) is 0 Å². The summed E-state index contributed by atoms with van der Waals surface area (Å²) in [4.78, 5) is 1.29. The molecule has 0 aliphatic carbocycles. The number of fused-ring (bicyclic) bond motifs is 1. The predicted molar refractivity (Wildman–Crippen MR) is 51.0 cm³/mol. The molecule has 0 amide bonds. The molecule has 1 nitrogen and oxygen atoms in total. The fourth-order valence-electron chi connectivity index (χ4n) is 1.45. The first-order chi connectivity index (χ1) is 5.92. The highest BCUT2D eigenvalue weighted by Crippen LogP contribution is 2.42. The Hall–Kier alpha value is -0.470. The zero-order valence-corrected chi connectivity index (χ0v) is 7.93. The average molecular weight is 180 g/mol. The molecule has 0 aromatic heterocycles. The van der Waals surface area contributed by atoms with Gasteiger partial charge in [-0.25, -0.2) is 0 Å². The lowest BCUT2D eigenvalue weighted by Gasteiger charge is -2.06. The molecule has 2 rings (SSSR count). The van der Waals surface area contributed by atoms with Crippen molar-refractivity contribution in [3.8, 4) is 0 Å². The molecule has 0 fully saturated rings. The fourth-order valence-corrected chi connectivity index (χ4v) is 2.30. The van der Waals surface area contributed by atoms with Gasteiger partial charge < -0.3 is 4.18 Å². The van der Waals surface area contributed by atoms with Gasteiger partial charge in [0.2, 0.25) is 0 Å². The molecule has 0 bridgehead atoms. The largest absolute Gasteiger partial charge is 0.302 e. The normalized spacial score (nSPS) is 20.9. The summed E-state index contributed by atoms with van der Waals surface area (Å²) in [5, 5.41) is 0. The zero-order valence-electron chi connectivity index (χ0n) is 7.12. The summed E-state index contributed by atoms with van der Waals surface area (Å²) in [7, 11) is 0. The Balaban J connectivity index is 2.24. The summed E-state index contributed by atoms with van der Waals surface area (Å²) in [5.41, 5.74) is 1.37. The second-order valence-corrected chi connectivity index (χ2v) is 3.79. The van der Waals surface area contributed by atoms with Gasteiger partial charge >= 0.3 is 0 Å². The Morgan fingerprint density at radius 3 is 3.08 bits per heavy atom. The number of benzene rings is 1. The predicted octanol–water partition coefficient (Wildman–Crippen LogP) is 3.57. The van der Waals surface area contributed by atoms with Crippen LogP contribution in [-0.2, 0) is 4.18 Å². The summed E-state index contributed by atoms with van der Waals surface area (Å²) in [5.74, 6) is 0. The Labute approximate surface area is 77.3 Å².